The molecule has 2 heterocycles. The molecule has 0 amide bonds. The molecule has 2 N–H and O–H groups in total. The van der Waals surface area contributed by atoms with Gasteiger partial charge < -0.3 is 19.7 Å². The average molecular weight is 202 g/mol. The van der Waals surface area contributed by atoms with E-state index < -0.39 is 12.2 Å². The van der Waals surface area contributed by atoms with E-state index in [1.54, 1.807) is 0 Å². The molecular weight excluding hydrogens is 184 g/mol. The smallest absolute Gasteiger partial charge is 0.0835 e. The van der Waals surface area contributed by atoms with Crippen molar-refractivity contribution in [3.05, 3.63) is 0 Å². The van der Waals surface area contributed by atoms with Crippen LogP contribution in [0.1, 0.15) is 19.8 Å². The molecule has 0 bridgehead atoms. The maximum absolute atomic E-state index is 9.78. The summed E-state index contributed by atoms with van der Waals surface area (Å²) in [6.45, 7) is 3.48. The maximum atomic E-state index is 9.78. The molecule has 4 nitrogen and oxygen atoms in total. The topological polar surface area (TPSA) is 65.5 Å². The third-order valence-electron chi connectivity index (χ3n) is 2.92. The van der Waals surface area contributed by atoms with Crippen molar-refractivity contribution >= 4 is 0 Å². The first-order valence-corrected chi connectivity index (χ1v) is 5.26. The largest absolute Gasteiger partial charge is 0.390 e. The minimum Gasteiger partial charge on any atom is -0.390 e. The highest BCUT2D eigenvalue weighted by Crippen LogP contribution is 2.25. The second-order valence-corrected chi connectivity index (χ2v) is 4.42. The van der Waals surface area contributed by atoms with Gasteiger partial charge in [-0.3, -0.25) is 0 Å². The van der Waals surface area contributed by atoms with Gasteiger partial charge in [0, 0.05) is 6.42 Å². The summed E-state index contributed by atoms with van der Waals surface area (Å²) in [7, 11) is 0. The van der Waals surface area contributed by atoms with Crippen LogP contribution < -0.4 is 0 Å². The van der Waals surface area contributed by atoms with Crippen molar-refractivity contribution in [1.82, 2.24) is 0 Å². The van der Waals surface area contributed by atoms with Crippen LogP contribution >= 0.6 is 0 Å². The lowest BCUT2D eigenvalue weighted by Gasteiger charge is -2.22. The van der Waals surface area contributed by atoms with Gasteiger partial charge in [0.05, 0.1) is 37.6 Å². The van der Waals surface area contributed by atoms with Crippen LogP contribution in [0, 0.1) is 5.92 Å². The lowest BCUT2D eigenvalue weighted by atomic mass is 9.93. The summed E-state index contributed by atoms with van der Waals surface area (Å²) in [5.74, 6) is 0.0937. The lowest BCUT2D eigenvalue weighted by Crippen LogP contribution is -2.33. The summed E-state index contributed by atoms with van der Waals surface area (Å²) >= 11 is 0. The number of hydrogen-bond acceptors (Lipinski definition) is 4. The minimum absolute atomic E-state index is 0.0937. The van der Waals surface area contributed by atoms with E-state index in [0.29, 0.717) is 12.5 Å². The molecule has 5 atom stereocenters. The molecule has 82 valence electrons. The van der Waals surface area contributed by atoms with Crippen molar-refractivity contribution in [1.29, 1.82) is 0 Å². The Kier molecular flexibility index (Phi) is 3.07. The number of ether oxygens (including phenoxy) is 2. The first-order valence-electron chi connectivity index (χ1n) is 5.26. The van der Waals surface area contributed by atoms with Gasteiger partial charge in [0.1, 0.15) is 0 Å². The molecule has 2 rings (SSSR count). The van der Waals surface area contributed by atoms with E-state index in [9.17, 15) is 10.2 Å². The Morgan fingerprint density at radius 1 is 1.14 bits per heavy atom. The van der Waals surface area contributed by atoms with E-state index in [1.807, 2.05) is 6.92 Å². The number of hydrogen-bond donors (Lipinski definition) is 2. The van der Waals surface area contributed by atoms with E-state index in [0.717, 1.165) is 19.6 Å². The van der Waals surface area contributed by atoms with Crippen molar-refractivity contribution in [3.63, 3.8) is 0 Å². The van der Waals surface area contributed by atoms with Crippen molar-refractivity contribution in [2.24, 2.45) is 5.92 Å². The van der Waals surface area contributed by atoms with Gasteiger partial charge in [0.15, 0.2) is 0 Å². The van der Waals surface area contributed by atoms with Crippen LogP contribution in [0.2, 0.25) is 0 Å². The Labute approximate surface area is 83.8 Å². The Balaban J connectivity index is 1.69. The monoisotopic (exact) mass is 202 g/mol. The molecule has 5 unspecified atom stereocenters. The standard InChI is InChI=1S/C10H18O4/c1-6(2-7-4-13-7)10(12)9(11)3-8-5-14-8/h6-12H,2-5H2,1H3. The first kappa shape index (κ1) is 10.4. The van der Waals surface area contributed by atoms with Crippen molar-refractivity contribution in [2.75, 3.05) is 13.2 Å². The zero-order valence-corrected chi connectivity index (χ0v) is 8.43. The molecule has 4 heteroatoms. The summed E-state index contributed by atoms with van der Waals surface area (Å²) < 4.78 is 10.1. The molecule has 0 spiro atoms. The average Bonchev–Trinajstić information content (AvgIpc) is 2.97. The van der Waals surface area contributed by atoms with Crippen LogP contribution in [-0.4, -0.2) is 47.8 Å². The zero-order chi connectivity index (χ0) is 10.1. The van der Waals surface area contributed by atoms with Gasteiger partial charge in [-0.25, -0.2) is 0 Å². The first-order chi connectivity index (χ1) is 6.66. The van der Waals surface area contributed by atoms with Crippen LogP contribution in [0.4, 0.5) is 0 Å². The van der Waals surface area contributed by atoms with Crippen molar-refractivity contribution in [3.8, 4) is 0 Å². The van der Waals surface area contributed by atoms with Gasteiger partial charge >= 0.3 is 0 Å². The van der Waals surface area contributed by atoms with Crippen LogP contribution in [0.25, 0.3) is 0 Å². The van der Waals surface area contributed by atoms with E-state index in [4.69, 9.17) is 9.47 Å². The predicted octanol–water partition coefficient (Wildman–Crippen LogP) is -0.0779. The Morgan fingerprint density at radius 2 is 1.64 bits per heavy atom. The molecular formula is C10H18O4. The van der Waals surface area contributed by atoms with E-state index in [-0.39, 0.29) is 12.0 Å². The fraction of sp³-hybridized carbons (Fsp3) is 1.00. The molecule has 0 aromatic rings. The second-order valence-electron chi connectivity index (χ2n) is 4.42. The number of rotatable bonds is 6. The Hall–Kier alpha value is -0.160. The number of epoxide rings is 2. The van der Waals surface area contributed by atoms with Gasteiger partial charge in [-0.1, -0.05) is 6.92 Å². The summed E-state index contributed by atoms with van der Waals surface area (Å²) in [5, 5.41) is 19.4. The van der Waals surface area contributed by atoms with E-state index in [2.05, 4.69) is 0 Å². The molecule has 2 aliphatic rings. The highest BCUT2D eigenvalue weighted by atomic mass is 16.6. The molecule has 0 aliphatic carbocycles. The predicted molar refractivity (Wildman–Crippen MR) is 49.9 cm³/mol. The van der Waals surface area contributed by atoms with Gasteiger partial charge in [0.25, 0.3) is 0 Å². The molecule has 0 saturated carbocycles. The Morgan fingerprint density at radius 3 is 2.14 bits per heavy atom. The molecule has 0 aromatic carbocycles. The summed E-state index contributed by atoms with van der Waals surface area (Å²) in [5.41, 5.74) is 0. The summed E-state index contributed by atoms with van der Waals surface area (Å²) in [6.07, 6.45) is 0.563. The van der Waals surface area contributed by atoms with Gasteiger partial charge in [-0.2, -0.15) is 0 Å². The summed E-state index contributed by atoms with van der Waals surface area (Å²) in [6, 6.07) is 0. The SMILES string of the molecule is CC(CC1CO1)C(O)C(O)CC1CO1. The van der Waals surface area contributed by atoms with Crippen LogP contribution in [0.3, 0.4) is 0 Å². The zero-order valence-electron chi connectivity index (χ0n) is 8.43. The third-order valence-corrected chi connectivity index (χ3v) is 2.92. The van der Waals surface area contributed by atoms with Gasteiger partial charge in [-0.05, 0) is 12.3 Å². The lowest BCUT2D eigenvalue weighted by molar-refractivity contribution is -0.0231. The van der Waals surface area contributed by atoms with E-state index >= 15 is 0 Å². The summed E-state index contributed by atoms with van der Waals surface area (Å²) in [4.78, 5) is 0. The molecule has 2 aliphatic heterocycles. The molecule has 0 radical (unpaired) electrons. The maximum Gasteiger partial charge on any atom is 0.0835 e. The van der Waals surface area contributed by atoms with Crippen LogP contribution in [-0.2, 0) is 9.47 Å². The highest BCUT2D eigenvalue weighted by molar-refractivity contribution is 4.83. The highest BCUT2D eigenvalue weighted by Gasteiger charge is 2.34. The quantitative estimate of drug-likeness (QED) is 0.591. The Bertz CT molecular complexity index is 169. The van der Waals surface area contributed by atoms with Gasteiger partial charge in [0.2, 0.25) is 0 Å². The molecule has 2 saturated heterocycles. The number of aliphatic hydroxyl groups is 2. The number of aliphatic hydroxyl groups excluding tert-OH is 2. The second kappa shape index (κ2) is 4.14. The van der Waals surface area contributed by atoms with Gasteiger partial charge in [-0.15, -0.1) is 0 Å². The molecule has 2 fully saturated rings. The van der Waals surface area contributed by atoms with E-state index in [1.165, 1.54) is 0 Å². The van der Waals surface area contributed by atoms with Crippen molar-refractivity contribution < 1.29 is 19.7 Å². The van der Waals surface area contributed by atoms with Crippen LogP contribution in [0.15, 0.2) is 0 Å². The molecule has 0 aromatic heterocycles. The molecule has 14 heavy (non-hydrogen) atoms. The van der Waals surface area contributed by atoms with Crippen molar-refractivity contribution in [2.45, 2.75) is 44.2 Å². The van der Waals surface area contributed by atoms with Crippen LogP contribution in [0.5, 0.6) is 0 Å². The normalized spacial score (nSPS) is 36.2. The minimum atomic E-state index is -0.656. The fourth-order valence-electron chi connectivity index (χ4n) is 1.75. The fourth-order valence-corrected chi connectivity index (χ4v) is 1.75. The third kappa shape index (κ3) is 2.92.